The van der Waals surface area contributed by atoms with Gasteiger partial charge in [0.2, 0.25) is 11.7 Å². The summed E-state index contributed by atoms with van der Waals surface area (Å²) in [6.45, 7) is 1.82. The topological polar surface area (TPSA) is 42.2 Å². The lowest BCUT2D eigenvalue weighted by molar-refractivity contribution is 0.257. The zero-order valence-electron chi connectivity index (χ0n) is 13.4. The number of benzene rings is 1. The van der Waals surface area contributed by atoms with Crippen LogP contribution in [0.1, 0.15) is 44.4 Å². The Morgan fingerprint density at radius 1 is 1.18 bits per heavy atom. The van der Waals surface area contributed by atoms with Crippen LogP contribution in [0.2, 0.25) is 0 Å². The summed E-state index contributed by atoms with van der Waals surface area (Å²) in [5, 5.41) is 4.07. The molecule has 4 nitrogen and oxygen atoms in total. The van der Waals surface area contributed by atoms with Crippen molar-refractivity contribution in [1.29, 1.82) is 0 Å². The number of rotatable bonds is 7. The van der Waals surface area contributed by atoms with E-state index < -0.39 is 0 Å². The van der Waals surface area contributed by atoms with Gasteiger partial charge >= 0.3 is 0 Å². The van der Waals surface area contributed by atoms with Crippen LogP contribution in [0.4, 0.5) is 0 Å². The molecule has 1 aliphatic carbocycles. The lowest BCUT2D eigenvalue weighted by Crippen LogP contribution is -2.19. The van der Waals surface area contributed by atoms with Crippen LogP contribution in [-0.4, -0.2) is 28.6 Å². The van der Waals surface area contributed by atoms with E-state index in [1.54, 1.807) is 0 Å². The van der Waals surface area contributed by atoms with Crippen molar-refractivity contribution in [1.82, 2.24) is 15.0 Å². The molecule has 0 saturated heterocycles. The van der Waals surface area contributed by atoms with Gasteiger partial charge in [-0.3, -0.25) is 4.90 Å². The zero-order chi connectivity index (χ0) is 15.2. The summed E-state index contributed by atoms with van der Waals surface area (Å²) in [6, 6.07) is 9.96. The van der Waals surface area contributed by atoms with Gasteiger partial charge in [0.25, 0.3) is 0 Å². The van der Waals surface area contributed by atoms with Crippen molar-refractivity contribution in [2.24, 2.45) is 5.92 Å². The van der Waals surface area contributed by atoms with E-state index in [0.29, 0.717) is 11.7 Å². The maximum Gasteiger partial charge on any atom is 0.241 e. The fourth-order valence-corrected chi connectivity index (χ4v) is 3.28. The lowest BCUT2D eigenvalue weighted by atomic mass is 10.0. The Balaban J connectivity index is 1.45. The van der Waals surface area contributed by atoms with Crippen LogP contribution >= 0.6 is 0 Å². The van der Waals surface area contributed by atoms with Crippen LogP contribution in [0, 0.1) is 5.92 Å². The zero-order valence-corrected chi connectivity index (χ0v) is 13.4. The van der Waals surface area contributed by atoms with E-state index in [-0.39, 0.29) is 0 Å². The molecule has 1 aliphatic rings. The van der Waals surface area contributed by atoms with Crippen molar-refractivity contribution in [3.63, 3.8) is 0 Å². The van der Waals surface area contributed by atoms with Gasteiger partial charge in [-0.15, -0.1) is 0 Å². The summed E-state index contributed by atoms with van der Waals surface area (Å²) in [6.07, 6.45) is 8.38. The van der Waals surface area contributed by atoms with Crippen LogP contribution in [0.25, 0.3) is 11.4 Å². The third-order valence-electron chi connectivity index (χ3n) is 4.53. The predicted molar refractivity (Wildman–Crippen MR) is 87.3 cm³/mol. The molecule has 0 N–H and O–H groups in total. The Morgan fingerprint density at radius 3 is 2.73 bits per heavy atom. The smallest absolute Gasteiger partial charge is 0.241 e. The highest BCUT2D eigenvalue weighted by atomic mass is 16.5. The first kappa shape index (κ1) is 15.2. The number of nitrogens with zero attached hydrogens (tertiary/aromatic N) is 3. The van der Waals surface area contributed by atoms with Crippen molar-refractivity contribution >= 4 is 0 Å². The molecule has 0 bridgehead atoms. The molecule has 0 unspecified atom stereocenters. The van der Waals surface area contributed by atoms with Crippen molar-refractivity contribution in [3.05, 3.63) is 36.2 Å². The van der Waals surface area contributed by atoms with Crippen LogP contribution in [0.5, 0.6) is 0 Å². The molecule has 3 rings (SSSR count). The number of aromatic nitrogens is 2. The number of hydrogen-bond acceptors (Lipinski definition) is 4. The van der Waals surface area contributed by atoms with Gasteiger partial charge in [-0.25, -0.2) is 0 Å². The first-order valence-corrected chi connectivity index (χ1v) is 8.38. The first-order valence-electron chi connectivity index (χ1n) is 8.38. The summed E-state index contributed by atoms with van der Waals surface area (Å²) >= 11 is 0. The van der Waals surface area contributed by atoms with Gasteiger partial charge in [-0.2, -0.15) is 4.98 Å². The van der Waals surface area contributed by atoms with E-state index in [2.05, 4.69) is 22.1 Å². The van der Waals surface area contributed by atoms with Gasteiger partial charge in [-0.1, -0.05) is 61.2 Å². The minimum absolute atomic E-state index is 0.676. The molecule has 0 aliphatic heterocycles. The highest BCUT2D eigenvalue weighted by Crippen LogP contribution is 2.28. The minimum Gasteiger partial charge on any atom is -0.338 e. The molecule has 22 heavy (non-hydrogen) atoms. The van der Waals surface area contributed by atoms with E-state index in [9.17, 15) is 0 Å². The fourth-order valence-electron chi connectivity index (χ4n) is 3.28. The third-order valence-corrected chi connectivity index (χ3v) is 4.53. The minimum atomic E-state index is 0.676. The van der Waals surface area contributed by atoms with Crippen LogP contribution in [-0.2, 0) is 6.54 Å². The molecule has 1 aromatic heterocycles. The van der Waals surface area contributed by atoms with Gasteiger partial charge in [0.15, 0.2) is 0 Å². The largest absolute Gasteiger partial charge is 0.338 e. The van der Waals surface area contributed by atoms with Gasteiger partial charge in [0.1, 0.15) is 0 Å². The molecule has 1 fully saturated rings. The average molecular weight is 299 g/mol. The van der Waals surface area contributed by atoms with E-state index in [0.717, 1.165) is 24.6 Å². The molecule has 0 radical (unpaired) electrons. The van der Waals surface area contributed by atoms with Gasteiger partial charge in [0.05, 0.1) is 6.54 Å². The van der Waals surface area contributed by atoms with Crippen molar-refractivity contribution in [2.75, 3.05) is 13.6 Å². The molecule has 118 valence electrons. The van der Waals surface area contributed by atoms with Gasteiger partial charge in [-0.05, 0) is 32.4 Å². The quantitative estimate of drug-likeness (QED) is 0.770. The molecule has 0 atom stereocenters. The molecule has 4 heteroatoms. The summed E-state index contributed by atoms with van der Waals surface area (Å²) in [4.78, 5) is 6.76. The van der Waals surface area contributed by atoms with E-state index in [1.807, 2.05) is 30.3 Å². The van der Waals surface area contributed by atoms with E-state index in [4.69, 9.17) is 4.52 Å². The monoisotopic (exact) mass is 299 g/mol. The Kier molecular flexibility index (Phi) is 5.22. The summed E-state index contributed by atoms with van der Waals surface area (Å²) in [7, 11) is 2.13. The van der Waals surface area contributed by atoms with Crippen LogP contribution in [0.3, 0.4) is 0 Å². The first-order chi connectivity index (χ1) is 10.8. The Hall–Kier alpha value is -1.68. The second kappa shape index (κ2) is 7.54. The van der Waals surface area contributed by atoms with E-state index in [1.165, 1.54) is 38.5 Å². The molecule has 1 saturated carbocycles. The third kappa shape index (κ3) is 4.17. The second-order valence-corrected chi connectivity index (χ2v) is 6.41. The Morgan fingerprint density at radius 2 is 1.95 bits per heavy atom. The predicted octanol–water partition coefficient (Wildman–Crippen LogP) is 4.14. The molecular weight excluding hydrogens is 274 g/mol. The summed E-state index contributed by atoms with van der Waals surface area (Å²) in [5.41, 5.74) is 1.00. The van der Waals surface area contributed by atoms with Gasteiger partial charge < -0.3 is 4.52 Å². The average Bonchev–Trinajstić information content (AvgIpc) is 3.20. The molecule has 0 spiro atoms. The maximum absolute atomic E-state index is 5.37. The molecule has 1 aromatic carbocycles. The van der Waals surface area contributed by atoms with Gasteiger partial charge in [0, 0.05) is 5.56 Å². The molecule has 1 heterocycles. The molecule has 0 amide bonds. The molecule has 2 aromatic rings. The summed E-state index contributed by atoms with van der Waals surface area (Å²) < 4.78 is 5.37. The van der Waals surface area contributed by atoms with Crippen molar-refractivity contribution < 1.29 is 4.52 Å². The summed E-state index contributed by atoms with van der Waals surface area (Å²) in [5.74, 6) is 2.35. The normalized spacial score (nSPS) is 15.7. The van der Waals surface area contributed by atoms with Crippen LogP contribution < -0.4 is 0 Å². The van der Waals surface area contributed by atoms with E-state index >= 15 is 0 Å². The highest BCUT2D eigenvalue weighted by Gasteiger charge is 2.15. The number of hydrogen-bond donors (Lipinski definition) is 0. The van der Waals surface area contributed by atoms with Crippen molar-refractivity contribution in [2.45, 2.75) is 45.1 Å². The Labute approximate surface area is 132 Å². The van der Waals surface area contributed by atoms with Crippen LogP contribution in [0.15, 0.2) is 34.9 Å². The SMILES string of the molecule is CN(CCCC1CCCC1)Cc1nc(-c2ccccc2)no1. The fraction of sp³-hybridized carbons (Fsp3) is 0.556. The maximum atomic E-state index is 5.37. The standard InChI is InChI=1S/C18H25N3O/c1-21(13-7-10-15-8-5-6-9-15)14-17-19-18(20-22-17)16-11-3-2-4-12-16/h2-4,11-12,15H,5-10,13-14H2,1H3. The lowest BCUT2D eigenvalue weighted by Gasteiger charge is -2.15. The molecular formula is C18H25N3O. The second-order valence-electron chi connectivity index (χ2n) is 6.41. The highest BCUT2D eigenvalue weighted by molar-refractivity contribution is 5.53. The Bertz CT molecular complexity index is 561. The van der Waals surface area contributed by atoms with Crippen molar-refractivity contribution in [3.8, 4) is 11.4 Å².